The topological polar surface area (TPSA) is 72.8 Å². The molecule has 0 spiro atoms. The molecule has 5 nitrogen and oxygen atoms in total. The number of aliphatic carboxylic acids is 1. The number of carbonyl (C=O) groups is 2. The fourth-order valence-corrected chi connectivity index (χ4v) is 0.505. The van der Waals surface area contributed by atoms with Crippen LogP contribution in [0.3, 0.4) is 0 Å². The molecule has 16 heavy (non-hydrogen) atoms. The molecule has 0 aromatic rings. The smallest absolute Gasteiger partial charge is 0.330 e. The highest BCUT2D eigenvalue weighted by Gasteiger charge is 1.91. The van der Waals surface area contributed by atoms with E-state index in [1.807, 2.05) is 0 Å². The molecule has 0 rings (SSSR count). The van der Waals surface area contributed by atoms with Gasteiger partial charge in [-0.2, -0.15) is 0 Å². The van der Waals surface area contributed by atoms with Crippen molar-refractivity contribution in [2.75, 3.05) is 7.11 Å². The minimum Gasteiger partial charge on any atom is -0.478 e. The van der Waals surface area contributed by atoms with Crippen molar-refractivity contribution in [2.45, 2.75) is 13.8 Å². The molecule has 90 valence electrons. The minimum absolute atomic E-state index is 0.669. The minimum atomic E-state index is -1.17. The van der Waals surface area contributed by atoms with Crippen LogP contribution in [0, 0.1) is 0 Å². The van der Waals surface area contributed by atoms with Gasteiger partial charge in [0.1, 0.15) is 0 Å². The summed E-state index contributed by atoms with van der Waals surface area (Å²) >= 11 is 0. The molecule has 0 aliphatic heterocycles. The van der Waals surface area contributed by atoms with E-state index in [9.17, 15) is 9.59 Å². The first-order valence-electron chi connectivity index (χ1n) is 4.27. The van der Waals surface area contributed by atoms with Crippen LogP contribution < -0.4 is 0 Å². The summed E-state index contributed by atoms with van der Waals surface area (Å²) in [7, 11) is 1.18. The molecule has 0 aliphatic rings. The second-order valence-electron chi connectivity index (χ2n) is 2.70. The first kappa shape index (κ1) is 16.4. The summed E-state index contributed by atoms with van der Waals surface area (Å²) in [6.07, 6.45) is 1.55. The van der Waals surface area contributed by atoms with E-state index in [4.69, 9.17) is 9.84 Å². The molecular formula is C11H16O5. The Morgan fingerprint density at radius 2 is 1.56 bits per heavy atom. The molecule has 0 fully saturated rings. The fraction of sp³-hybridized carbons (Fsp3) is 0.273. The van der Waals surface area contributed by atoms with Crippen LogP contribution in [0.4, 0.5) is 0 Å². The SMILES string of the molecule is C=C(C)OC(=C)C.COC(=O)/C=C\C(=O)O. The second kappa shape index (κ2) is 9.51. The maximum Gasteiger partial charge on any atom is 0.330 e. The Morgan fingerprint density at radius 1 is 1.12 bits per heavy atom. The zero-order valence-corrected chi connectivity index (χ0v) is 9.65. The van der Waals surface area contributed by atoms with Crippen LogP contribution in [0.5, 0.6) is 0 Å². The molecule has 0 aromatic heterocycles. The zero-order chi connectivity index (χ0) is 13.1. The van der Waals surface area contributed by atoms with Gasteiger partial charge in [0, 0.05) is 12.2 Å². The summed E-state index contributed by atoms with van der Waals surface area (Å²) in [5.41, 5.74) is 0. The molecule has 0 bridgehead atoms. The third-order valence-electron chi connectivity index (χ3n) is 0.912. The van der Waals surface area contributed by atoms with Crippen molar-refractivity contribution < 1.29 is 24.2 Å². The highest BCUT2D eigenvalue weighted by Crippen LogP contribution is 1.97. The van der Waals surface area contributed by atoms with Crippen LogP contribution in [0.1, 0.15) is 13.8 Å². The van der Waals surface area contributed by atoms with Crippen molar-refractivity contribution in [3.63, 3.8) is 0 Å². The van der Waals surface area contributed by atoms with Crippen LogP contribution in [-0.2, 0) is 19.1 Å². The number of carbonyl (C=O) groups excluding carboxylic acids is 1. The lowest BCUT2D eigenvalue weighted by atomic mass is 10.5. The van der Waals surface area contributed by atoms with Gasteiger partial charge in [0.25, 0.3) is 0 Å². The molecule has 0 atom stereocenters. The third kappa shape index (κ3) is 17.9. The third-order valence-corrected chi connectivity index (χ3v) is 0.912. The molecule has 0 radical (unpaired) electrons. The number of methoxy groups -OCH3 is 1. The molecule has 0 unspecified atom stereocenters. The lowest BCUT2D eigenvalue weighted by molar-refractivity contribution is -0.136. The molecule has 1 N–H and O–H groups in total. The van der Waals surface area contributed by atoms with Crippen molar-refractivity contribution in [3.05, 3.63) is 36.8 Å². The van der Waals surface area contributed by atoms with Crippen molar-refractivity contribution in [1.29, 1.82) is 0 Å². The van der Waals surface area contributed by atoms with Gasteiger partial charge in [-0.05, 0) is 13.8 Å². The number of carboxylic acids is 1. The van der Waals surface area contributed by atoms with E-state index in [0.717, 1.165) is 6.08 Å². The van der Waals surface area contributed by atoms with Gasteiger partial charge in [0.05, 0.1) is 18.6 Å². The maximum absolute atomic E-state index is 10.1. The van der Waals surface area contributed by atoms with Crippen molar-refractivity contribution in [3.8, 4) is 0 Å². The first-order valence-corrected chi connectivity index (χ1v) is 4.27. The summed E-state index contributed by atoms with van der Waals surface area (Å²) in [6, 6.07) is 0. The average Bonchev–Trinajstić information content (AvgIpc) is 2.12. The van der Waals surface area contributed by atoms with Crippen LogP contribution in [-0.4, -0.2) is 24.2 Å². The van der Waals surface area contributed by atoms with E-state index >= 15 is 0 Å². The van der Waals surface area contributed by atoms with Gasteiger partial charge in [-0.25, -0.2) is 9.59 Å². The molecular weight excluding hydrogens is 212 g/mol. The second-order valence-corrected chi connectivity index (χ2v) is 2.70. The van der Waals surface area contributed by atoms with Crippen molar-refractivity contribution >= 4 is 11.9 Å². The number of allylic oxidation sites excluding steroid dienone is 2. The fourth-order valence-electron chi connectivity index (χ4n) is 0.505. The highest BCUT2D eigenvalue weighted by atomic mass is 16.5. The average molecular weight is 228 g/mol. The van der Waals surface area contributed by atoms with Gasteiger partial charge in [0.2, 0.25) is 0 Å². The predicted octanol–water partition coefficient (Wildman–Crippen LogP) is 1.87. The Hall–Kier alpha value is -2.04. The molecule has 0 amide bonds. The molecule has 0 saturated carbocycles. The number of rotatable bonds is 4. The number of hydrogen-bond donors (Lipinski definition) is 1. The Kier molecular flexibility index (Phi) is 9.75. The summed E-state index contributed by atoms with van der Waals surface area (Å²) in [5.74, 6) is -0.460. The lowest BCUT2D eigenvalue weighted by Crippen LogP contribution is -1.96. The Bertz CT molecular complexity index is 289. The molecule has 0 aromatic carbocycles. The Labute approximate surface area is 94.7 Å². The van der Waals surface area contributed by atoms with E-state index in [-0.39, 0.29) is 0 Å². The normalized spacial score (nSPS) is 8.69. The van der Waals surface area contributed by atoms with Gasteiger partial charge >= 0.3 is 11.9 Å². The summed E-state index contributed by atoms with van der Waals surface area (Å²) in [6.45, 7) is 10.6. The van der Waals surface area contributed by atoms with Gasteiger partial charge in [-0.15, -0.1) is 0 Å². The lowest BCUT2D eigenvalue weighted by Gasteiger charge is -1.99. The maximum atomic E-state index is 10.1. The van der Waals surface area contributed by atoms with Gasteiger partial charge in [0.15, 0.2) is 0 Å². The highest BCUT2D eigenvalue weighted by molar-refractivity contribution is 5.90. The quantitative estimate of drug-likeness (QED) is 0.451. The molecule has 5 heteroatoms. The summed E-state index contributed by atoms with van der Waals surface area (Å²) in [5, 5.41) is 7.96. The van der Waals surface area contributed by atoms with E-state index in [1.54, 1.807) is 13.8 Å². The van der Waals surface area contributed by atoms with Gasteiger partial charge in [-0.3, -0.25) is 0 Å². The number of carboxylic acid groups (broad SMARTS) is 1. The monoisotopic (exact) mass is 228 g/mol. The number of ether oxygens (including phenoxy) is 2. The summed E-state index contributed by atoms with van der Waals surface area (Å²) < 4.78 is 8.97. The van der Waals surface area contributed by atoms with Gasteiger partial charge in [-0.1, -0.05) is 13.2 Å². The number of esters is 1. The van der Waals surface area contributed by atoms with E-state index in [1.165, 1.54) is 7.11 Å². The Morgan fingerprint density at radius 3 is 1.75 bits per heavy atom. The molecule has 0 heterocycles. The first-order chi connectivity index (χ1) is 7.29. The molecule has 0 saturated heterocycles. The predicted molar refractivity (Wildman–Crippen MR) is 59.5 cm³/mol. The van der Waals surface area contributed by atoms with E-state index in [2.05, 4.69) is 17.9 Å². The zero-order valence-electron chi connectivity index (χ0n) is 9.65. The largest absolute Gasteiger partial charge is 0.478 e. The number of hydrogen-bond acceptors (Lipinski definition) is 4. The van der Waals surface area contributed by atoms with E-state index in [0.29, 0.717) is 17.6 Å². The van der Waals surface area contributed by atoms with Crippen molar-refractivity contribution in [1.82, 2.24) is 0 Å². The van der Waals surface area contributed by atoms with Crippen LogP contribution in [0.25, 0.3) is 0 Å². The van der Waals surface area contributed by atoms with Crippen LogP contribution >= 0.6 is 0 Å². The standard InChI is InChI=1S/C6H10O.C5H6O4/c1-5(2)7-6(3)4;1-9-5(8)3-2-4(6)7/h1,3H2,2,4H3;2-3H,1H3,(H,6,7)/b;3-2-. The molecule has 0 aliphatic carbocycles. The Balaban J connectivity index is 0. The van der Waals surface area contributed by atoms with Crippen LogP contribution in [0.15, 0.2) is 36.8 Å². The van der Waals surface area contributed by atoms with Crippen molar-refractivity contribution in [2.24, 2.45) is 0 Å². The van der Waals surface area contributed by atoms with Crippen LogP contribution in [0.2, 0.25) is 0 Å². The van der Waals surface area contributed by atoms with Gasteiger partial charge < -0.3 is 14.6 Å². The summed E-state index contributed by atoms with van der Waals surface area (Å²) in [4.78, 5) is 19.9. The van der Waals surface area contributed by atoms with E-state index < -0.39 is 11.9 Å².